The average Bonchev–Trinajstić information content (AvgIpc) is 2.50. The Morgan fingerprint density at radius 3 is 2.77 bits per heavy atom. The van der Waals surface area contributed by atoms with E-state index in [4.69, 9.17) is 10.5 Å². The summed E-state index contributed by atoms with van der Waals surface area (Å²) >= 11 is 0. The Balaban J connectivity index is 1.81. The number of ether oxygens (including phenoxy) is 1. The molecule has 2 rings (SSSR count). The molecule has 0 amide bonds. The summed E-state index contributed by atoms with van der Waals surface area (Å²) in [6, 6.07) is 0.688. The summed E-state index contributed by atoms with van der Waals surface area (Å²) in [5.74, 6) is 0.748. The lowest BCUT2D eigenvalue weighted by Crippen LogP contribution is -2.56. The zero-order chi connectivity index (χ0) is 9.26. The maximum Gasteiger partial charge on any atom is 0.0726 e. The molecule has 1 saturated carbocycles. The number of likely N-dealkylation sites (tertiary alicyclic amines) is 1. The predicted octanol–water partition coefficient (Wildman–Crippen LogP) is 0.444. The molecule has 3 nitrogen and oxygen atoms in total. The van der Waals surface area contributed by atoms with Gasteiger partial charge in [-0.25, -0.2) is 0 Å². The number of nitrogens with two attached hydrogens (primary N) is 1. The Bertz CT molecular complexity index is 168. The molecule has 1 heterocycles. The van der Waals surface area contributed by atoms with Crippen molar-refractivity contribution < 1.29 is 4.74 Å². The highest BCUT2D eigenvalue weighted by Crippen LogP contribution is 2.30. The third-order valence-corrected chi connectivity index (χ3v) is 3.51. The molecule has 2 atom stereocenters. The van der Waals surface area contributed by atoms with E-state index < -0.39 is 0 Å². The van der Waals surface area contributed by atoms with Crippen molar-refractivity contribution in [1.29, 1.82) is 0 Å². The largest absolute Gasteiger partial charge is 0.380 e. The van der Waals surface area contributed by atoms with Gasteiger partial charge in [0, 0.05) is 26.2 Å². The molecule has 2 aliphatic rings. The van der Waals surface area contributed by atoms with E-state index in [0.29, 0.717) is 12.1 Å². The Kier molecular flexibility index (Phi) is 2.86. The lowest BCUT2D eigenvalue weighted by molar-refractivity contribution is -0.0173. The van der Waals surface area contributed by atoms with Crippen LogP contribution in [0, 0.1) is 5.92 Å². The van der Waals surface area contributed by atoms with Gasteiger partial charge in [0.2, 0.25) is 0 Å². The van der Waals surface area contributed by atoms with E-state index in [0.717, 1.165) is 12.5 Å². The average molecular weight is 184 g/mol. The molecule has 76 valence electrons. The van der Waals surface area contributed by atoms with Crippen molar-refractivity contribution in [2.45, 2.75) is 31.4 Å². The summed E-state index contributed by atoms with van der Waals surface area (Å²) in [6.45, 7) is 3.24. The summed E-state index contributed by atoms with van der Waals surface area (Å²) in [5, 5.41) is 0. The molecule has 2 unspecified atom stereocenters. The predicted molar refractivity (Wildman–Crippen MR) is 52.6 cm³/mol. The number of methoxy groups -OCH3 is 1. The molecule has 2 N–H and O–H groups in total. The molecular formula is C10H20N2O. The van der Waals surface area contributed by atoms with Gasteiger partial charge in [0.1, 0.15) is 0 Å². The Hall–Kier alpha value is -0.120. The number of hydrogen-bond acceptors (Lipinski definition) is 3. The van der Waals surface area contributed by atoms with Gasteiger partial charge in [0.25, 0.3) is 0 Å². The third kappa shape index (κ3) is 1.73. The summed E-state index contributed by atoms with van der Waals surface area (Å²) in [5.41, 5.74) is 5.60. The minimum Gasteiger partial charge on any atom is -0.380 e. The van der Waals surface area contributed by atoms with Crippen molar-refractivity contribution in [2.75, 3.05) is 26.7 Å². The van der Waals surface area contributed by atoms with Crippen LogP contribution in [0.1, 0.15) is 19.3 Å². The highest BCUT2D eigenvalue weighted by molar-refractivity contribution is 4.93. The Morgan fingerprint density at radius 2 is 2.15 bits per heavy atom. The first-order valence-corrected chi connectivity index (χ1v) is 5.32. The van der Waals surface area contributed by atoms with Crippen molar-refractivity contribution >= 4 is 0 Å². The molecule has 0 radical (unpaired) electrons. The SMILES string of the molecule is COC1CCCC1N1CC(CN)C1. The monoisotopic (exact) mass is 184 g/mol. The van der Waals surface area contributed by atoms with E-state index >= 15 is 0 Å². The second kappa shape index (κ2) is 3.95. The molecule has 0 aromatic heterocycles. The highest BCUT2D eigenvalue weighted by Gasteiger charge is 2.38. The molecule has 2 fully saturated rings. The van der Waals surface area contributed by atoms with Crippen molar-refractivity contribution in [2.24, 2.45) is 11.7 Å². The zero-order valence-corrected chi connectivity index (χ0v) is 8.41. The van der Waals surface area contributed by atoms with E-state index in [-0.39, 0.29) is 0 Å². The summed E-state index contributed by atoms with van der Waals surface area (Å²) in [4.78, 5) is 2.54. The molecule has 1 saturated heterocycles. The van der Waals surface area contributed by atoms with Crippen molar-refractivity contribution in [3.8, 4) is 0 Å². The minimum absolute atomic E-state index is 0.485. The molecule has 1 aliphatic heterocycles. The highest BCUT2D eigenvalue weighted by atomic mass is 16.5. The Morgan fingerprint density at radius 1 is 1.38 bits per heavy atom. The van der Waals surface area contributed by atoms with Gasteiger partial charge in [-0.15, -0.1) is 0 Å². The maximum atomic E-state index is 5.60. The van der Waals surface area contributed by atoms with Gasteiger partial charge in [-0.3, -0.25) is 4.90 Å². The van der Waals surface area contributed by atoms with Gasteiger partial charge in [0.15, 0.2) is 0 Å². The van der Waals surface area contributed by atoms with Crippen LogP contribution >= 0.6 is 0 Å². The molecule has 13 heavy (non-hydrogen) atoms. The topological polar surface area (TPSA) is 38.5 Å². The van der Waals surface area contributed by atoms with Crippen LogP contribution in [0.25, 0.3) is 0 Å². The van der Waals surface area contributed by atoms with Crippen LogP contribution < -0.4 is 5.73 Å². The fraction of sp³-hybridized carbons (Fsp3) is 1.00. The van der Waals surface area contributed by atoms with Crippen molar-refractivity contribution in [3.63, 3.8) is 0 Å². The van der Waals surface area contributed by atoms with Crippen LogP contribution in [0.5, 0.6) is 0 Å². The maximum absolute atomic E-state index is 5.60. The minimum atomic E-state index is 0.485. The van der Waals surface area contributed by atoms with Gasteiger partial charge in [-0.05, 0) is 31.7 Å². The molecule has 1 aliphatic carbocycles. The van der Waals surface area contributed by atoms with Gasteiger partial charge in [-0.1, -0.05) is 0 Å². The van der Waals surface area contributed by atoms with Crippen LogP contribution in [0.4, 0.5) is 0 Å². The number of rotatable bonds is 3. The fourth-order valence-corrected chi connectivity index (χ4v) is 2.63. The van der Waals surface area contributed by atoms with Gasteiger partial charge in [0.05, 0.1) is 6.10 Å². The standard InChI is InChI=1S/C10H20N2O/c1-13-10-4-2-3-9(10)12-6-8(5-11)7-12/h8-10H,2-7,11H2,1H3. The van der Waals surface area contributed by atoms with Crippen LogP contribution in [-0.2, 0) is 4.74 Å². The second-order valence-electron chi connectivity index (χ2n) is 4.33. The van der Waals surface area contributed by atoms with Crippen molar-refractivity contribution in [1.82, 2.24) is 4.90 Å². The van der Waals surface area contributed by atoms with E-state index in [2.05, 4.69) is 4.90 Å². The van der Waals surface area contributed by atoms with E-state index in [1.54, 1.807) is 0 Å². The quantitative estimate of drug-likeness (QED) is 0.692. The fourth-order valence-electron chi connectivity index (χ4n) is 2.63. The molecule has 0 bridgehead atoms. The molecule has 0 aromatic carbocycles. The third-order valence-electron chi connectivity index (χ3n) is 3.51. The van der Waals surface area contributed by atoms with Crippen LogP contribution in [0.2, 0.25) is 0 Å². The number of hydrogen-bond donors (Lipinski definition) is 1. The van der Waals surface area contributed by atoms with Crippen LogP contribution in [0.3, 0.4) is 0 Å². The first kappa shape index (κ1) is 9.44. The van der Waals surface area contributed by atoms with E-state index in [1.807, 2.05) is 7.11 Å². The summed E-state index contributed by atoms with van der Waals surface area (Å²) in [7, 11) is 1.84. The first-order valence-electron chi connectivity index (χ1n) is 5.32. The normalized spacial score (nSPS) is 36.5. The van der Waals surface area contributed by atoms with Crippen molar-refractivity contribution in [3.05, 3.63) is 0 Å². The van der Waals surface area contributed by atoms with Crippen LogP contribution in [-0.4, -0.2) is 43.8 Å². The second-order valence-corrected chi connectivity index (χ2v) is 4.33. The molecular weight excluding hydrogens is 164 g/mol. The molecule has 0 aromatic rings. The van der Waals surface area contributed by atoms with E-state index in [1.165, 1.54) is 32.4 Å². The summed E-state index contributed by atoms with van der Waals surface area (Å²) in [6.07, 6.45) is 4.37. The lowest BCUT2D eigenvalue weighted by atomic mass is 9.96. The van der Waals surface area contributed by atoms with Crippen LogP contribution in [0.15, 0.2) is 0 Å². The zero-order valence-electron chi connectivity index (χ0n) is 8.41. The number of nitrogens with zero attached hydrogens (tertiary/aromatic N) is 1. The summed E-state index contributed by atoms with van der Waals surface area (Å²) < 4.78 is 5.48. The van der Waals surface area contributed by atoms with Gasteiger partial charge < -0.3 is 10.5 Å². The van der Waals surface area contributed by atoms with E-state index in [9.17, 15) is 0 Å². The molecule has 3 heteroatoms. The molecule has 0 spiro atoms. The smallest absolute Gasteiger partial charge is 0.0726 e. The lowest BCUT2D eigenvalue weighted by Gasteiger charge is -2.44. The first-order chi connectivity index (χ1) is 6.35. The Labute approximate surface area is 80.2 Å². The van der Waals surface area contributed by atoms with Gasteiger partial charge in [-0.2, -0.15) is 0 Å². The van der Waals surface area contributed by atoms with Gasteiger partial charge >= 0.3 is 0 Å².